The summed E-state index contributed by atoms with van der Waals surface area (Å²) in [7, 11) is 0. The zero-order valence-electron chi connectivity index (χ0n) is 19.2. The summed E-state index contributed by atoms with van der Waals surface area (Å²) < 4.78 is 14.9. The molecular formula is C27H22FN7O. The molecule has 1 aliphatic heterocycles. The number of nitrogens with zero attached hydrogens (tertiary/aromatic N) is 4. The molecule has 0 fully saturated rings. The molecule has 4 N–H and O–H groups in total. The molecule has 6 rings (SSSR count). The molecule has 0 radical (unpaired) electrons. The van der Waals surface area contributed by atoms with Gasteiger partial charge in [0.15, 0.2) is 0 Å². The van der Waals surface area contributed by atoms with Gasteiger partial charge in [-0.1, -0.05) is 24.3 Å². The lowest BCUT2D eigenvalue weighted by molar-refractivity contribution is 0.251. The van der Waals surface area contributed by atoms with Crippen LogP contribution in [-0.2, 0) is 13.0 Å². The van der Waals surface area contributed by atoms with Gasteiger partial charge in [-0.25, -0.2) is 19.7 Å². The molecule has 1 aliphatic rings. The number of amides is 1. The third kappa shape index (κ3) is 3.95. The Balaban J connectivity index is 1.50. The maximum Gasteiger partial charge on any atom is 0.323 e. The minimum Gasteiger partial charge on any atom is -0.351 e. The maximum absolute atomic E-state index is 13.5. The second-order valence-corrected chi connectivity index (χ2v) is 8.63. The highest BCUT2D eigenvalue weighted by Gasteiger charge is 2.19. The van der Waals surface area contributed by atoms with Crippen LogP contribution < -0.4 is 16.4 Å². The van der Waals surface area contributed by atoms with Crippen molar-refractivity contribution in [3.8, 4) is 22.4 Å². The molecule has 8 nitrogen and oxygen atoms in total. The van der Waals surface area contributed by atoms with Gasteiger partial charge >= 0.3 is 6.03 Å². The Hall–Kier alpha value is -4.63. The predicted molar refractivity (Wildman–Crippen MR) is 136 cm³/mol. The summed E-state index contributed by atoms with van der Waals surface area (Å²) in [5.74, 6) is -0.180. The number of nitrogens with two attached hydrogens (primary N) is 1. The van der Waals surface area contributed by atoms with E-state index in [9.17, 15) is 9.18 Å². The van der Waals surface area contributed by atoms with Gasteiger partial charge < -0.3 is 16.4 Å². The van der Waals surface area contributed by atoms with Crippen molar-refractivity contribution in [1.29, 1.82) is 0 Å². The van der Waals surface area contributed by atoms with Crippen molar-refractivity contribution in [2.24, 2.45) is 5.73 Å². The van der Waals surface area contributed by atoms with Gasteiger partial charge in [-0.2, -0.15) is 4.39 Å². The maximum atomic E-state index is 13.5. The fourth-order valence-corrected chi connectivity index (χ4v) is 4.63. The molecule has 1 amide bonds. The largest absolute Gasteiger partial charge is 0.351 e. The van der Waals surface area contributed by atoms with Gasteiger partial charge in [0, 0.05) is 52.9 Å². The Kier molecular flexibility index (Phi) is 5.38. The number of para-hydroxylation sites is 1. The lowest BCUT2D eigenvalue weighted by Gasteiger charge is -2.18. The van der Waals surface area contributed by atoms with Crippen LogP contribution in [0.5, 0.6) is 0 Å². The molecule has 0 unspecified atom stereocenters. The van der Waals surface area contributed by atoms with E-state index in [4.69, 9.17) is 10.7 Å². The zero-order chi connectivity index (χ0) is 24.6. The zero-order valence-corrected chi connectivity index (χ0v) is 19.2. The Labute approximate surface area is 206 Å². The van der Waals surface area contributed by atoms with Gasteiger partial charge in [-0.15, -0.1) is 0 Å². The van der Waals surface area contributed by atoms with E-state index in [0.29, 0.717) is 33.8 Å². The number of pyridine rings is 1. The van der Waals surface area contributed by atoms with Crippen molar-refractivity contribution in [3.05, 3.63) is 90.3 Å². The molecule has 0 saturated heterocycles. The van der Waals surface area contributed by atoms with Crippen LogP contribution in [0.15, 0.2) is 73.2 Å². The Morgan fingerprint density at radius 1 is 1.03 bits per heavy atom. The van der Waals surface area contributed by atoms with Gasteiger partial charge in [-0.05, 0) is 54.4 Å². The normalized spacial score (nSPS) is 12.9. The minimum absolute atomic E-state index is 0.397. The van der Waals surface area contributed by atoms with Crippen LogP contribution in [0.25, 0.3) is 33.3 Å². The number of carbonyl (C=O) groups is 1. The van der Waals surface area contributed by atoms with Crippen LogP contribution in [-0.4, -0.2) is 32.1 Å². The molecule has 0 saturated carbocycles. The molecule has 0 spiro atoms. The van der Waals surface area contributed by atoms with E-state index in [1.807, 2.05) is 30.3 Å². The fourth-order valence-electron chi connectivity index (χ4n) is 4.63. The number of nitrogens with one attached hydrogen (secondary N) is 2. The number of aromatic nitrogens is 4. The molecule has 36 heavy (non-hydrogen) atoms. The first-order valence-corrected chi connectivity index (χ1v) is 11.6. The van der Waals surface area contributed by atoms with E-state index in [2.05, 4.69) is 32.7 Å². The van der Waals surface area contributed by atoms with Crippen molar-refractivity contribution < 1.29 is 9.18 Å². The molecule has 3 aromatic heterocycles. The summed E-state index contributed by atoms with van der Waals surface area (Å²) in [6.07, 6.45) is 5.75. The second kappa shape index (κ2) is 8.86. The fraction of sp³-hybridized carbons (Fsp3) is 0.111. The first kappa shape index (κ1) is 21.9. The van der Waals surface area contributed by atoms with E-state index >= 15 is 0 Å². The number of benzene rings is 2. The van der Waals surface area contributed by atoms with E-state index in [1.54, 1.807) is 18.5 Å². The molecule has 0 atom stereocenters. The first-order chi connectivity index (χ1) is 17.6. The van der Waals surface area contributed by atoms with Gasteiger partial charge in [0.1, 0.15) is 0 Å². The summed E-state index contributed by atoms with van der Waals surface area (Å²) in [5, 5.41) is 7.49. The van der Waals surface area contributed by atoms with Crippen LogP contribution in [0, 0.1) is 5.95 Å². The Morgan fingerprint density at radius 2 is 1.92 bits per heavy atom. The van der Waals surface area contributed by atoms with Crippen molar-refractivity contribution in [2.75, 3.05) is 11.9 Å². The number of fused-ring (bicyclic) bond motifs is 2. The lowest BCUT2D eigenvalue weighted by Crippen LogP contribution is -2.23. The van der Waals surface area contributed by atoms with Gasteiger partial charge in [0.2, 0.25) is 11.9 Å². The monoisotopic (exact) mass is 479 g/mol. The molecule has 178 valence electrons. The van der Waals surface area contributed by atoms with Crippen molar-refractivity contribution in [1.82, 2.24) is 24.8 Å². The molecule has 0 aliphatic carbocycles. The molecule has 4 heterocycles. The highest BCUT2D eigenvalue weighted by molar-refractivity contribution is 6.03. The molecule has 5 aromatic rings. The number of hydrogen-bond donors (Lipinski definition) is 3. The van der Waals surface area contributed by atoms with Crippen LogP contribution in [0.2, 0.25) is 0 Å². The van der Waals surface area contributed by atoms with E-state index in [-0.39, 0.29) is 0 Å². The molecule has 0 bridgehead atoms. The number of carbonyl (C=O) groups excluding carboxylic acids is 1. The molecule has 9 heteroatoms. The number of hydrogen-bond acceptors (Lipinski definition) is 6. The van der Waals surface area contributed by atoms with Crippen molar-refractivity contribution in [2.45, 2.75) is 13.0 Å². The number of primary amides is 1. The van der Waals surface area contributed by atoms with Crippen LogP contribution in [0.4, 0.5) is 20.8 Å². The molecule has 2 aromatic carbocycles. The number of rotatable bonds is 4. The lowest BCUT2D eigenvalue weighted by atomic mass is 10.0. The average Bonchev–Trinajstić information content (AvgIpc) is 3.29. The van der Waals surface area contributed by atoms with Crippen molar-refractivity contribution >= 4 is 28.6 Å². The van der Waals surface area contributed by atoms with Gasteiger partial charge in [0.25, 0.3) is 0 Å². The summed E-state index contributed by atoms with van der Waals surface area (Å²) in [6.45, 7) is 1.81. The standard InChI is InChI=1S/C27H22FN7O/c28-24-8-6-18(13-31-24)21-14-32-27(33-19-7-5-17-12-30-10-9-16(17)11-19)34-25(21)22-15-35(26(29)36)23-4-2-1-3-20(22)23/h1-8,11,13-15,30H,9-10,12H2,(H2,29,36)(H,32,33,34). The van der Waals surface area contributed by atoms with E-state index in [0.717, 1.165) is 30.6 Å². The SMILES string of the molecule is NC(=O)n1cc(-c2nc(Nc3ccc4c(c3)CCNC4)ncc2-c2ccc(F)nc2)c2ccccc21. The molecular weight excluding hydrogens is 457 g/mol. The average molecular weight is 480 g/mol. The third-order valence-electron chi connectivity index (χ3n) is 6.38. The number of halogens is 1. The minimum atomic E-state index is -0.599. The van der Waals surface area contributed by atoms with E-state index < -0.39 is 12.0 Å². The van der Waals surface area contributed by atoms with Crippen LogP contribution in [0.3, 0.4) is 0 Å². The summed E-state index contributed by atoms with van der Waals surface area (Å²) >= 11 is 0. The summed E-state index contributed by atoms with van der Waals surface area (Å²) in [6, 6.07) is 16.0. The van der Waals surface area contributed by atoms with E-state index in [1.165, 1.54) is 28.0 Å². The topological polar surface area (TPSA) is 111 Å². The quantitative estimate of drug-likeness (QED) is 0.325. The Bertz CT molecular complexity index is 1610. The van der Waals surface area contributed by atoms with Crippen LogP contribution >= 0.6 is 0 Å². The predicted octanol–water partition coefficient (Wildman–Crippen LogP) is 4.62. The van der Waals surface area contributed by atoms with Crippen LogP contribution in [0.1, 0.15) is 11.1 Å². The smallest absolute Gasteiger partial charge is 0.323 e. The highest BCUT2D eigenvalue weighted by Crippen LogP contribution is 2.36. The van der Waals surface area contributed by atoms with Gasteiger partial charge in [-0.3, -0.25) is 4.57 Å². The van der Waals surface area contributed by atoms with Gasteiger partial charge in [0.05, 0.1) is 11.2 Å². The second-order valence-electron chi connectivity index (χ2n) is 8.63. The number of anilines is 2. The summed E-state index contributed by atoms with van der Waals surface area (Å²) in [4.78, 5) is 25.3. The third-order valence-corrected chi connectivity index (χ3v) is 6.38. The van der Waals surface area contributed by atoms with Crippen molar-refractivity contribution in [3.63, 3.8) is 0 Å². The Morgan fingerprint density at radius 3 is 2.75 bits per heavy atom. The summed E-state index contributed by atoms with van der Waals surface area (Å²) in [5.41, 5.74) is 12.3. The highest BCUT2D eigenvalue weighted by atomic mass is 19.1. The first-order valence-electron chi connectivity index (χ1n) is 11.6.